The molecule has 2 aromatic heterocycles. The van der Waals surface area contributed by atoms with Crippen molar-refractivity contribution in [2.75, 3.05) is 169 Å². The van der Waals surface area contributed by atoms with Crippen LogP contribution in [0.2, 0.25) is 0 Å². The van der Waals surface area contributed by atoms with Gasteiger partial charge in [-0.1, -0.05) is 24.3 Å². The van der Waals surface area contributed by atoms with E-state index in [1.807, 2.05) is 0 Å². The van der Waals surface area contributed by atoms with Crippen LogP contribution in [-0.4, -0.2) is 223 Å². The quantitative estimate of drug-likeness (QED) is 0.00950. The zero-order valence-corrected chi connectivity index (χ0v) is 53.0. The lowest BCUT2D eigenvalue weighted by atomic mass is 10.1. The number of hydrogen-bond donors (Lipinski definition) is 10. The number of amides is 2. The number of nitrogens with one attached hydrogen (secondary N) is 8. The summed E-state index contributed by atoms with van der Waals surface area (Å²) in [7, 11) is 15.3. The number of quaternary nitrogens is 4. The molecule has 6 aromatic rings. The number of carbonyl (C=O) groups is 2. The van der Waals surface area contributed by atoms with Crippen molar-refractivity contribution in [1.29, 1.82) is 0 Å². The highest BCUT2D eigenvalue weighted by molar-refractivity contribution is 7.86. The van der Waals surface area contributed by atoms with Gasteiger partial charge < -0.3 is 60.5 Å². The Labute approximate surface area is 505 Å². The van der Waals surface area contributed by atoms with Crippen LogP contribution in [0.25, 0.3) is 12.2 Å². The molecule has 28 heteroatoms. The van der Waals surface area contributed by atoms with Gasteiger partial charge in [0.2, 0.25) is 35.7 Å². The molecule has 0 saturated carbocycles. The zero-order chi connectivity index (χ0) is 63.1. The number of rotatable bonds is 32. The molecule has 464 valence electrons. The molecule has 0 aliphatic carbocycles. The predicted octanol–water partition coefficient (Wildman–Crippen LogP) is 6.36. The molecule has 0 spiro atoms. The van der Waals surface area contributed by atoms with Crippen LogP contribution in [0.15, 0.2) is 94.7 Å². The van der Waals surface area contributed by atoms with Gasteiger partial charge in [-0.3, -0.25) is 18.7 Å². The maximum atomic E-state index is 13.0. The van der Waals surface area contributed by atoms with Gasteiger partial charge in [0.25, 0.3) is 32.1 Å². The molecule has 0 atom stereocenters. The van der Waals surface area contributed by atoms with E-state index in [2.05, 4.69) is 157 Å². The first-order valence-corrected chi connectivity index (χ1v) is 31.0. The molecule has 26 nitrogen and oxygen atoms in total. The van der Waals surface area contributed by atoms with Crippen LogP contribution < -0.4 is 42.5 Å². The van der Waals surface area contributed by atoms with Gasteiger partial charge in [-0.2, -0.15) is 46.7 Å². The van der Waals surface area contributed by atoms with E-state index in [0.717, 1.165) is 81.9 Å². The topological polar surface area (TPSA) is 316 Å². The van der Waals surface area contributed by atoms with Gasteiger partial charge >= 0.3 is 0 Å². The molecular weight excluding hydrogens is 1140 g/mol. The summed E-state index contributed by atoms with van der Waals surface area (Å²) < 4.78 is 76.1. The fraction of sp³-hybridized carbons (Fsp3) is 0.414. The van der Waals surface area contributed by atoms with Gasteiger partial charge in [0.1, 0.15) is 9.79 Å². The van der Waals surface area contributed by atoms with Gasteiger partial charge in [0, 0.05) is 85.7 Å². The molecule has 2 amide bonds. The van der Waals surface area contributed by atoms with Crippen molar-refractivity contribution in [2.24, 2.45) is 0 Å². The second-order valence-corrected chi connectivity index (χ2v) is 27.7. The summed E-state index contributed by atoms with van der Waals surface area (Å²) in [5.74, 6) is 0.307. The summed E-state index contributed by atoms with van der Waals surface area (Å²) >= 11 is 0. The Balaban J connectivity index is 1.22. The standard InChI is InChI=1S/C58H82N18O8S2/c1-73(2,3)35-13-31-59-51(77)43-21-25-45(26-22-43)63-55-67-53(61-33-15-37-75(7,8)9)69-57(71-55)65-47-29-19-41(49(39-47)85(79,80)81)17-18-42-20-30-48(40-50(42)86(82,83)84)66-58-70-54(62-34-16-38-76(10,11)12)68-56(72-58)64-46-27-23-44(24-28-46)52(78)60-32-14-36-74(4,5)6/h17-30,39-40H,13-16,31-38H2,1-12H3,(H6-4,59,60,61,62,63,64,65,66,67,68,69,70,71,72,77,78,79,80,81,82,83,84)/p+4. The van der Waals surface area contributed by atoms with Gasteiger partial charge in [-0.05, 0) is 83.9 Å². The smallest absolute Gasteiger partial charge is 0.295 e. The monoisotopic (exact) mass is 1230 g/mol. The summed E-state index contributed by atoms with van der Waals surface area (Å²) in [6, 6.07) is 21.7. The normalized spacial score (nSPS) is 12.4. The zero-order valence-electron chi connectivity index (χ0n) is 51.4. The predicted molar refractivity (Wildman–Crippen MR) is 339 cm³/mol. The summed E-state index contributed by atoms with van der Waals surface area (Å²) in [4.78, 5) is 51.9. The van der Waals surface area contributed by atoms with Crippen LogP contribution in [0.4, 0.5) is 58.4 Å². The molecule has 10 N–H and O–H groups in total. The van der Waals surface area contributed by atoms with Gasteiger partial charge in [-0.25, -0.2) is 0 Å². The first-order valence-electron chi connectivity index (χ1n) is 28.1. The highest BCUT2D eigenvalue weighted by Gasteiger charge is 2.21. The number of hydrogen-bond acceptors (Lipinski definition) is 18. The van der Waals surface area contributed by atoms with Crippen molar-refractivity contribution in [3.63, 3.8) is 0 Å². The van der Waals surface area contributed by atoms with Crippen LogP contribution in [0.3, 0.4) is 0 Å². The van der Waals surface area contributed by atoms with E-state index in [4.69, 9.17) is 0 Å². The van der Waals surface area contributed by atoms with Gasteiger partial charge in [0.05, 0.1) is 111 Å². The number of nitrogens with zero attached hydrogens (tertiary/aromatic N) is 10. The number of anilines is 10. The van der Waals surface area contributed by atoms with Crippen LogP contribution in [-0.2, 0) is 20.2 Å². The van der Waals surface area contributed by atoms with Crippen molar-refractivity contribution in [1.82, 2.24) is 40.5 Å². The highest BCUT2D eigenvalue weighted by atomic mass is 32.2. The molecule has 0 bridgehead atoms. The Morgan fingerprint density at radius 1 is 0.395 bits per heavy atom. The third-order valence-electron chi connectivity index (χ3n) is 12.8. The van der Waals surface area contributed by atoms with Crippen LogP contribution in [0, 0.1) is 0 Å². The molecule has 6 rings (SSSR count). The highest BCUT2D eigenvalue weighted by Crippen LogP contribution is 2.29. The van der Waals surface area contributed by atoms with Crippen LogP contribution >= 0.6 is 0 Å². The van der Waals surface area contributed by atoms with E-state index in [1.54, 1.807) is 48.5 Å². The largest absolute Gasteiger partial charge is 0.354 e. The average molecular weight is 1230 g/mol. The lowest BCUT2D eigenvalue weighted by Gasteiger charge is -2.23. The van der Waals surface area contributed by atoms with Crippen LogP contribution in [0.5, 0.6) is 0 Å². The lowest BCUT2D eigenvalue weighted by molar-refractivity contribution is -0.870. The van der Waals surface area contributed by atoms with Crippen molar-refractivity contribution in [3.05, 3.63) is 107 Å². The Morgan fingerprint density at radius 2 is 0.663 bits per heavy atom. The van der Waals surface area contributed by atoms with Gasteiger partial charge in [0.15, 0.2) is 0 Å². The van der Waals surface area contributed by atoms with E-state index < -0.39 is 30.0 Å². The van der Waals surface area contributed by atoms with Crippen LogP contribution in [0.1, 0.15) is 57.5 Å². The third kappa shape index (κ3) is 23.5. The number of carbonyl (C=O) groups excluding carboxylic acids is 2. The van der Waals surface area contributed by atoms with Crippen molar-refractivity contribution in [2.45, 2.75) is 35.5 Å². The van der Waals surface area contributed by atoms with E-state index in [0.29, 0.717) is 48.7 Å². The molecular formula is C58H86N18O8S2+4. The minimum Gasteiger partial charge on any atom is -0.354 e. The second-order valence-electron chi connectivity index (χ2n) is 24.9. The molecule has 0 aliphatic heterocycles. The Kier molecular flexibility index (Phi) is 22.6. The van der Waals surface area contributed by atoms with E-state index in [-0.39, 0.29) is 70.0 Å². The SMILES string of the molecule is C[N+](C)(C)CCCNC(=O)c1ccc(Nc2nc(NCCC[N+](C)(C)C)nc(Nc3ccc(C=Cc4ccc(Nc5nc(NCCC[N+](C)(C)C)nc(Nc6ccc(C(=O)NCCC[N+](C)(C)C)cc6)n5)cc4S(=O)(=O)O)c(S(=O)(=O)O)c3)n2)cc1. The molecule has 0 aliphatic rings. The fourth-order valence-corrected chi connectivity index (χ4v) is 9.83. The first kappa shape index (κ1) is 67.2. The lowest BCUT2D eigenvalue weighted by Crippen LogP contribution is -2.37. The molecule has 2 heterocycles. The summed E-state index contributed by atoms with van der Waals surface area (Å²) in [6.07, 6.45) is 5.79. The summed E-state index contributed by atoms with van der Waals surface area (Å²) in [5.41, 5.74) is 2.36. The molecule has 0 saturated heterocycles. The van der Waals surface area contributed by atoms with Crippen molar-refractivity contribution >= 4 is 103 Å². The number of benzene rings is 4. The van der Waals surface area contributed by atoms with Gasteiger partial charge in [-0.15, -0.1) is 0 Å². The minimum absolute atomic E-state index is 0.0133. The van der Waals surface area contributed by atoms with E-state index in [1.165, 1.54) is 36.4 Å². The maximum Gasteiger partial charge on any atom is 0.295 e. The molecule has 4 aromatic carbocycles. The minimum atomic E-state index is -4.92. The number of aromatic nitrogens is 6. The molecule has 0 unspecified atom stereocenters. The van der Waals surface area contributed by atoms with E-state index >= 15 is 0 Å². The second kappa shape index (κ2) is 29.0. The van der Waals surface area contributed by atoms with Crippen molar-refractivity contribution in [3.8, 4) is 0 Å². The summed E-state index contributed by atoms with van der Waals surface area (Å²) in [5, 5.41) is 24.7. The van der Waals surface area contributed by atoms with Crippen molar-refractivity contribution < 1.29 is 53.5 Å². The third-order valence-corrected chi connectivity index (χ3v) is 14.6. The summed E-state index contributed by atoms with van der Waals surface area (Å²) in [6.45, 7) is 5.68. The molecule has 0 radical (unpaired) electrons. The molecule has 0 fully saturated rings. The average Bonchev–Trinajstić information content (AvgIpc) is 3.15. The fourth-order valence-electron chi connectivity index (χ4n) is 8.41. The first-order chi connectivity index (χ1) is 40.1. The Bertz CT molecular complexity index is 3310. The molecule has 86 heavy (non-hydrogen) atoms. The maximum absolute atomic E-state index is 13.0. The Hall–Kier alpha value is -7.96. The van der Waals surface area contributed by atoms with E-state index in [9.17, 15) is 35.5 Å². The Morgan fingerprint density at radius 3 is 0.953 bits per heavy atom.